The number of nitriles is 1. The molecule has 0 spiro atoms. The van der Waals surface area contributed by atoms with Crippen molar-refractivity contribution in [2.24, 2.45) is 11.1 Å². The average molecular weight is 240 g/mol. The lowest BCUT2D eigenvalue weighted by Crippen LogP contribution is -2.42. The Kier molecular flexibility index (Phi) is 6.78. The third-order valence-corrected chi connectivity index (χ3v) is 2.64. The number of amides is 1. The largest absolute Gasteiger partial charge is 0.344 e. The molecule has 0 rings (SSSR count). The Labute approximate surface area is 104 Å². The minimum Gasteiger partial charge on any atom is -0.344 e. The fourth-order valence-corrected chi connectivity index (χ4v) is 1.55. The van der Waals surface area contributed by atoms with E-state index in [4.69, 9.17) is 11.0 Å². The molecule has 0 aliphatic heterocycles. The molecule has 0 radical (unpaired) electrons. The highest BCUT2D eigenvalue weighted by Gasteiger charge is 2.20. The fraction of sp³-hybridized carbons (Fsp3) is 0.833. The molecule has 0 atom stereocenters. The van der Waals surface area contributed by atoms with Crippen LogP contribution in [-0.2, 0) is 4.79 Å². The van der Waals surface area contributed by atoms with Crippen LogP contribution >= 0.6 is 0 Å². The summed E-state index contributed by atoms with van der Waals surface area (Å²) in [6.45, 7) is 6.38. The van der Waals surface area contributed by atoms with E-state index >= 15 is 0 Å². The highest BCUT2D eigenvalue weighted by Crippen LogP contribution is 2.13. The van der Waals surface area contributed by atoms with E-state index in [1.54, 1.807) is 11.9 Å². The van der Waals surface area contributed by atoms with Gasteiger partial charge < -0.3 is 10.6 Å². The van der Waals surface area contributed by atoms with Crippen molar-refractivity contribution in [2.75, 3.05) is 40.3 Å². The second kappa shape index (κ2) is 7.25. The summed E-state index contributed by atoms with van der Waals surface area (Å²) in [7, 11) is 3.63. The summed E-state index contributed by atoms with van der Waals surface area (Å²) in [5, 5.41) is 8.45. The van der Waals surface area contributed by atoms with E-state index in [1.807, 2.05) is 18.0 Å². The van der Waals surface area contributed by atoms with E-state index < -0.39 is 0 Å². The quantitative estimate of drug-likeness (QED) is 0.693. The molecule has 0 bridgehead atoms. The van der Waals surface area contributed by atoms with E-state index in [-0.39, 0.29) is 11.3 Å². The van der Waals surface area contributed by atoms with Gasteiger partial charge in [0, 0.05) is 20.1 Å². The first-order valence-corrected chi connectivity index (χ1v) is 5.82. The van der Waals surface area contributed by atoms with Gasteiger partial charge in [-0.25, -0.2) is 0 Å². The highest BCUT2D eigenvalue weighted by atomic mass is 16.2. The van der Waals surface area contributed by atoms with Crippen LogP contribution in [0.25, 0.3) is 0 Å². The van der Waals surface area contributed by atoms with E-state index in [2.05, 4.69) is 13.8 Å². The van der Waals surface area contributed by atoms with Crippen molar-refractivity contribution in [3.8, 4) is 6.07 Å². The minimum absolute atomic E-state index is 0.0141. The van der Waals surface area contributed by atoms with Crippen LogP contribution in [0.4, 0.5) is 0 Å². The summed E-state index contributed by atoms with van der Waals surface area (Å²) < 4.78 is 0. The molecule has 0 aromatic heterocycles. The van der Waals surface area contributed by atoms with Crippen molar-refractivity contribution in [2.45, 2.75) is 20.3 Å². The Morgan fingerprint density at radius 1 is 1.41 bits per heavy atom. The van der Waals surface area contributed by atoms with Crippen molar-refractivity contribution in [3.63, 3.8) is 0 Å². The van der Waals surface area contributed by atoms with Crippen molar-refractivity contribution >= 4 is 5.91 Å². The van der Waals surface area contributed by atoms with Gasteiger partial charge in [-0.2, -0.15) is 5.26 Å². The summed E-state index contributed by atoms with van der Waals surface area (Å²) in [5.74, 6) is 0.0376. The number of rotatable bonds is 7. The smallest absolute Gasteiger partial charge is 0.236 e. The topological polar surface area (TPSA) is 73.4 Å². The Hall–Kier alpha value is -1.12. The highest BCUT2D eigenvalue weighted by molar-refractivity contribution is 5.77. The Balaban J connectivity index is 4.08. The summed E-state index contributed by atoms with van der Waals surface area (Å²) in [6.07, 6.45) is 0.375. The summed E-state index contributed by atoms with van der Waals surface area (Å²) in [4.78, 5) is 15.3. The van der Waals surface area contributed by atoms with Gasteiger partial charge in [0.25, 0.3) is 0 Å². The standard InChI is InChI=1S/C12H24N4O/c1-12(2,9-14)10-15(3)8-11(17)16(4)7-5-6-13/h5,7-10,14H2,1-4H3. The van der Waals surface area contributed by atoms with E-state index in [1.165, 1.54) is 0 Å². The molecule has 0 aliphatic carbocycles. The van der Waals surface area contributed by atoms with Crippen molar-refractivity contribution < 1.29 is 4.79 Å². The predicted octanol–water partition coefficient (Wildman–Crippen LogP) is 0.275. The molecule has 98 valence electrons. The lowest BCUT2D eigenvalue weighted by molar-refractivity contribution is -0.131. The molecule has 0 fully saturated rings. The lowest BCUT2D eigenvalue weighted by atomic mass is 9.93. The van der Waals surface area contributed by atoms with Crippen LogP contribution in [0.2, 0.25) is 0 Å². The molecule has 0 heterocycles. The van der Waals surface area contributed by atoms with Gasteiger partial charge >= 0.3 is 0 Å². The van der Waals surface area contributed by atoms with Crippen LogP contribution in [0.5, 0.6) is 0 Å². The van der Waals surface area contributed by atoms with Crippen LogP contribution in [0.15, 0.2) is 0 Å². The average Bonchev–Trinajstić information content (AvgIpc) is 2.24. The first-order chi connectivity index (χ1) is 7.82. The fourth-order valence-electron chi connectivity index (χ4n) is 1.55. The molecule has 5 heteroatoms. The molecule has 0 aromatic carbocycles. The molecule has 0 aromatic rings. The number of nitrogens with two attached hydrogens (primary N) is 1. The van der Waals surface area contributed by atoms with Gasteiger partial charge in [0.2, 0.25) is 5.91 Å². The molecule has 1 amide bonds. The number of nitrogens with zero attached hydrogens (tertiary/aromatic N) is 3. The van der Waals surface area contributed by atoms with Crippen LogP contribution < -0.4 is 5.73 Å². The van der Waals surface area contributed by atoms with Gasteiger partial charge in [-0.1, -0.05) is 13.8 Å². The zero-order valence-electron chi connectivity index (χ0n) is 11.4. The van der Waals surface area contributed by atoms with Gasteiger partial charge in [0.15, 0.2) is 0 Å². The number of hydrogen-bond donors (Lipinski definition) is 1. The maximum Gasteiger partial charge on any atom is 0.236 e. The Morgan fingerprint density at radius 2 is 2.00 bits per heavy atom. The minimum atomic E-state index is 0.0141. The van der Waals surface area contributed by atoms with Gasteiger partial charge in [-0.15, -0.1) is 0 Å². The number of carbonyl (C=O) groups excluding carboxylic acids is 1. The molecule has 0 unspecified atom stereocenters. The van der Waals surface area contributed by atoms with Crippen molar-refractivity contribution in [1.82, 2.24) is 9.80 Å². The zero-order valence-corrected chi connectivity index (χ0v) is 11.4. The van der Waals surface area contributed by atoms with Crippen LogP contribution in [-0.4, -0.2) is 56.0 Å². The number of carbonyl (C=O) groups is 1. The molecular weight excluding hydrogens is 216 g/mol. The van der Waals surface area contributed by atoms with Gasteiger partial charge in [-0.05, 0) is 19.0 Å². The predicted molar refractivity (Wildman–Crippen MR) is 68.2 cm³/mol. The number of hydrogen-bond acceptors (Lipinski definition) is 4. The summed E-state index contributed by atoms with van der Waals surface area (Å²) in [6, 6.07) is 2.03. The zero-order chi connectivity index (χ0) is 13.5. The van der Waals surface area contributed by atoms with Crippen LogP contribution in [0.3, 0.4) is 0 Å². The summed E-state index contributed by atoms with van der Waals surface area (Å²) in [5.41, 5.74) is 5.67. The Bertz CT molecular complexity index is 283. The third kappa shape index (κ3) is 6.93. The Morgan fingerprint density at radius 3 is 2.47 bits per heavy atom. The van der Waals surface area contributed by atoms with Crippen LogP contribution in [0.1, 0.15) is 20.3 Å². The van der Waals surface area contributed by atoms with E-state index in [0.29, 0.717) is 26.1 Å². The molecule has 5 nitrogen and oxygen atoms in total. The first kappa shape index (κ1) is 15.9. The maximum absolute atomic E-state index is 11.8. The third-order valence-electron chi connectivity index (χ3n) is 2.64. The molecule has 0 saturated carbocycles. The second-order valence-corrected chi connectivity index (χ2v) is 5.26. The molecule has 0 aliphatic rings. The lowest BCUT2D eigenvalue weighted by Gasteiger charge is -2.29. The van der Waals surface area contributed by atoms with Gasteiger partial charge in [0.1, 0.15) is 0 Å². The van der Waals surface area contributed by atoms with Gasteiger partial charge in [0.05, 0.1) is 19.0 Å². The molecular formula is C12H24N4O. The second-order valence-electron chi connectivity index (χ2n) is 5.26. The SMILES string of the molecule is CN(CC(=O)N(C)CCC#N)CC(C)(C)CN. The molecule has 17 heavy (non-hydrogen) atoms. The van der Waals surface area contributed by atoms with Gasteiger partial charge in [-0.3, -0.25) is 9.69 Å². The van der Waals surface area contributed by atoms with E-state index in [9.17, 15) is 4.79 Å². The summed E-state index contributed by atoms with van der Waals surface area (Å²) >= 11 is 0. The van der Waals surface area contributed by atoms with Crippen molar-refractivity contribution in [3.05, 3.63) is 0 Å². The van der Waals surface area contributed by atoms with E-state index in [0.717, 1.165) is 6.54 Å². The molecule has 0 saturated heterocycles. The normalized spacial score (nSPS) is 11.4. The monoisotopic (exact) mass is 240 g/mol. The number of likely N-dealkylation sites (N-methyl/N-ethyl adjacent to an activating group) is 2. The van der Waals surface area contributed by atoms with Crippen LogP contribution in [0, 0.1) is 16.7 Å². The first-order valence-electron chi connectivity index (χ1n) is 5.82. The maximum atomic E-state index is 11.8. The van der Waals surface area contributed by atoms with Crippen molar-refractivity contribution in [1.29, 1.82) is 5.26 Å². The molecule has 2 N–H and O–H groups in total.